The Morgan fingerprint density at radius 2 is 2.47 bits per heavy atom. The molecule has 0 aromatic carbocycles. The van der Waals surface area contributed by atoms with Gasteiger partial charge in [0.05, 0.1) is 10.6 Å². The lowest BCUT2D eigenvalue weighted by Gasteiger charge is -2.15. The fraction of sp³-hybridized carbons (Fsp3) is 0.600. The summed E-state index contributed by atoms with van der Waals surface area (Å²) >= 11 is 3.40. The Morgan fingerprint density at radius 3 is 3.12 bits per heavy atom. The van der Waals surface area contributed by atoms with Crippen molar-refractivity contribution in [2.75, 3.05) is 23.9 Å². The summed E-state index contributed by atoms with van der Waals surface area (Å²) in [5.74, 6) is 6.93. The second kappa shape index (κ2) is 5.61. The van der Waals surface area contributed by atoms with E-state index in [1.807, 2.05) is 0 Å². The van der Waals surface area contributed by atoms with E-state index >= 15 is 0 Å². The molecule has 2 unspecified atom stereocenters. The largest absolute Gasteiger partial charge is 0.378 e. The van der Waals surface area contributed by atoms with Crippen molar-refractivity contribution in [2.24, 2.45) is 11.8 Å². The highest BCUT2D eigenvalue weighted by Gasteiger charge is 2.24. The van der Waals surface area contributed by atoms with Gasteiger partial charge in [0.15, 0.2) is 0 Å². The predicted molar refractivity (Wildman–Crippen MR) is 69.6 cm³/mol. The Bertz CT molecular complexity index is 389. The molecule has 94 valence electrons. The SMILES string of the molecule is CC1OCCC1CNc1nc(NN)ncc1Br. The highest BCUT2D eigenvalue weighted by atomic mass is 79.9. The number of hydrazine groups is 1. The van der Waals surface area contributed by atoms with Crippen LogP contribution in [0.4, 0.5) is 11.8 Å². The number of nitrogens with one attached hydrogen (secondary N) is 2. The molecule has 4 N–H and O–H groups in total. The van der Waals surface area contributed by atoms with Crippen LogP contribution in [0.25, 0.3) is 0 Å². The van der Waals surface area contributed by atoms with Crippen LogP contribution in [0.15, 0.2) is 10.7 Å². The molecule has 7 heteroatoms. The maximum absolute atomic E-state index is 5.51. The second-order valence-electron chi connectivity index (χ2n) is 4.04. The predicted octanol–water partition coefficient (Wildman–Crippen LogP) is 1.36. The maximum Gasteiger partial charge on any atom is 0.239 e. The smallest absolute Gasteiger partial charge is 0.239 e. The minimum Gasteiger partial charge on any atom is -0.378 e. The maximum atomic E-state index is 5.51. The van der Waals surface area contributed by atoms with Crippen molar-refractivity contribution in [3.63, 3.8) is 0 Å². The van der Waals surface area contributed by atoms with Crippen molar-refractivity contribution in [3.8, 4) is 0 Å². The Labute approximate surface area is 108 Å². The molecule has 17 heavy (non-hydrogen) atoms. The van der Waals surface area contributed by atoms with Crippen molar-refractivity contribution in [2.45, 2.75) is 19.4 Å². The molecule has 1 aliphatic rings. The van der Waals surface area contributed by atoms with Gasteiger partial charge in [0.25, 0.3) is 0 Å². The Hall–Kier alpha value is -0.920. The summed E-state index contributed by atoms with van der Waals surface area (Å²) in [4.78, 5) is 8.22. The highest BCUT2D eigenvalue weighted by molar-refractivity contribution is 9.10. The highest BCUT2D eigenvalue weighted by Crippen LogP contribution is 2.24. The molecule has 1 aliphatic heterocycles. The zero-order valence-corrected chi connectivity index (χ0v) is 11.2. The summed E-state index contributed by atoms with van der Waals surface area (Å²) in [6.07, 6.45) is 3.05. The molecule has 0 saturated carbocycles. The van der Waals surface area contributed by atoms with Crippen molar-refractivity contribution in [3.05, 3.63) is 10.7 Å². The average molecular weight is 302 g/mol. The van der Waals surface area contributed by atoms with Crippen molar-refractivity contribution < 1.29 is 4.74 Å². The van der Waals surface area contributed by atoms with Crippen LogP contribution >= 0.6 is 15.9 Å². The van der Waals surface area contributed by atoms with Crippen LogP contribution in [-0.2, 0) is 4.74 Å². The molecule has 2 rings (SSSR count). The first-order chi connectivity index (χ1) is 8.20. The zero-order chi connectivity index (χ0) is 12.3. The van der Waals surface area contributed by atoms with E-state index in [0.29, 0.717) is 18.0 Å². The molecule has 0 bridgehead atoms. The number of rotatable bonds is 4. The van der Waals surface area contributed by atoms with Gasteiger partial charge in [-0.2, -0.15) is 4.98 Å². The molecule has 0 spiro atoms. The summed E-state index contributed by atoms with van der Waals surface area (Å²) in [5.41, 5.74) is 2.42. The molecule has 2 heterocycles. The van der Waals surface area contributed by atoms with Crippen LogP contribution in [0, 0.1) is 5.92 Å². The molecular formula is C10H16BrN5O. The van der Waals surface area contributed by atoms with Gasteiger partial charge in [0, 0.05) is 25.3 Å². The lowest BCUT2D eigenvalue weighted by Crippen LogP contribution is -2.21. The number of nitrogens with two attached hydrogens (primary N) is 1. The van der Waals surface area contributed by atoms with E-state index in [1.165, 1.54) is 0 Å². The van der Waals surface area contributed by atoms with E-state index in [4.69, 9.17) is 10.6 Å². The molecule has 1 aromatic rings. The van der Waals surface area contributed by atoms with Crippen molar-refractivity contribution >= 4 is 27.7 Å². The number of nitrogens with zero attached hydrogens (tertiary/aromatic N) is 2. The lowest BCUT2D eigenvalue weighted by molar-refractivity contribution is 0.108. The topological polar surface area (TPSA) is 85.1 Å². The number of ether oxygens (including phenoxy) is 1. The van der Waals surface area contributed by atoms with Crippen molar-refractivity contribution in [1.82, 2.24) is 9.97 Å². The van der Waals surface area contributed by atoms with Crippen LogP contribution in [0.1, 0.15) is 13.3 Å². The molecule has 2 atom stereocenters. The fourth-order valence-electron chi connectivity index (χ4n) is 1.83. The summed E-state index contributed by atoms with van der Waals surface area (Å²) < 4.78 is 6.33. The molecule has 6 nitrogen and oxygen atoms in total. The minimum absolute atomic E-state index is 0.301. The van der Waals surface area contributed by atoms with E-state index in [2.05, 4.69) is 43.6 Å². The molecule has 1 saturated heterocycles. The third-order valence-electron chi connectivity index (χ3n) is 2.94. The van der Waals surface area contributed by atoms with Crippen LogP contribution in [0.3, 0.4) is 0 Å². The van der Waals surface area contributed by atoms with E-state index in [1.54, 1.807) is 6.20 Å². The molecule has 0 aliphatic carbocycles. The summed E-state index contributed by atoms with van der Waals surface area (Å²) in [5, 5.41) is 3.29. The zero-order valence-electron chi connectivity index (χ0n) is 9.61. The van der Waals surface area contributed by atoms with E-state index < -0.39 is 0 Å². The van der Waals surface area contributed by atoms with Gasteiger partial charge in [0.2, 0.25) is 5.95 Å². The quantitative estimate of drug-likeness (QED) is 0.575. The van der Waals surface area contributed by atoms with E-state index in [9.17, 15) is 0 Å². The summed E-state index contributed by atoms with van der Waals surface area (Å²) in [6.45, 7) is 3.77. The Balaban J connectivity index is 1.98. The monoisotopic (exact) mass is 301 g/mol. The number of hydrogen-bond donors (Lipinski definition) is 3. The number of halogens is 1. The normalized spacial score (nSPS) is 23.7. The third-order valence-corrected chi connectivity index (χ3v) is 3.52. The van der Waals surface area contributed by atoms with Gasteiger partial charge in [-0.05, 0) is 29.3 Å². The van der Waals surface area contributed by atoms with Gasteiger partial charge < -0.3 is 10.1 Å². The Morgan fingerprint density at radius 1 is 1.65 bits per heavy atom. The molecule has 1 aromatic heterocycles. The number of aromatic nitrogens is 2. The summed E-state index contributed by atoms with van der Waals surface area (Å²) in [7, 11) is 0. The molecule has 1 fully saturated rings. The van der Waals surface area contributed by atoms with Gasteiger partial charge >= 0.3 is 0 Å². The first-order valence-electron chi connectivity index (χ1n) is 5.55. The molecular weight excluding hydrogens is 286 g/mol. The third kappa shape index (κ3) is 3.05. The minimum atomic E-state index is 0.301. The van der Waals surface area contributed by atoms with Crippen molar-refractivity contribution in [1.29, 1.82) is 0 Å². The van der Waals surface area contributed by atoms with Crippen LogP contribution < -0.4 is 16.6 Å². The standard InChI is InChI=1S/C10H16BrN5O/c1-6-7(2-3-17-6)4-13-9-8(11)5-14-10(15-9)16-12/h5-7H,2-4,12H2,1H3,(H2,13,14,15,16). The lowest BCUT2D eigenvalue weighted by atomic mass is 10.0. The summed E-state index contributed by atoms with van der Waals surface area (Å²) in [6, 6.07) is 0. The number of anilines is 2. The van der Waals surface area contributed by atoms with Crippen LogP contribution in [0.2, 0.25) is 0 Å². The first-order valence-corrected chi connectivity index (χ1v) is 6.34. The number of nitrogen functional groups attached to an aromatic ring is 1. The van der Waals surface area contributed by atoms with Gasteiger partial charge in [0.1, 0.15) is 5.82 Å². The van der Waals surface area contributed by atoms with Gasteiger partial charge in [-0.25, -0.2) is 10.8 Å². The van der Waals surface area contributed by atoms with Gasteiger partial charge in [-0.3, -0.25) is 5.43 Å². The first kappa shape index (κ1) is 12.5. The van der Waals surface area contributed by atoms with Crippen LogP contribution in [-0.4, -0.2) is 29.2 Å². The molecule has 0 radical (unpaired) electrons. The fourth-order valence-corrected chi connectivity index (χ4v) is 2.16. The van der Waals surface area contributed by atoms with E-state index in [-0.39, 0.29) is 0 Å². The van der Waals surface area contributed by atoms with E-state index in [0.717, 1.165) is 29.9 Å². The average Bonchev–Trinajstić information content (AvgIpc) is 2.74. The molecule has 0 amide bonds. The number of hydrogen-bond acceptors (Lipinski definition) is 6. The second-order valence-corrected chi connectivity index (χ2v) is 4.89. The van der Waals surface area contributed by atoms with Gasteiger partial charge in [-0.1, -0.05) is 0 Å². The van der Waals surface area contributed by atoms with Crippen LogP contribution in [0.5, 0.6) is 0 Å². The Kier molecular flexibility index (Phi) is 4.14. The van der Waals surface area contributed by atoms with Gasteiger partial charge in [-0.15, -0.1) is 0 Å².